The Bertz CT molecular complexity index is 1090. The Morgan fingerprint density at radius 3 is 2.81 bits per heavy atom. The number of nitrogens with zero attached hydrogens (tertiary/aromatic N) is 5. The van der Waals surface area contributed by atoms with E-state index in [0.717, 1.165) is 48.7 Å². The molecular formula is C22H19N5. The molecule has 0 unspecified atom stereocenters. The summed E-state index contributed by atoms with van der Waals surface area (Å²) in [6.45, 7) is 2.78. The second kappa shape index (κ2) is 6.85. The van der Waals surface area contributed by atoms with Gasteiger partial charge in [0.1, 0.15) is 0 Å². The zero-order chi connectivity index (χ0) is 18.1. The maximum absolute atomic E-state index is 4.79. The molecule has 5 rings (SSSR count). The Hall–Kier alpha value is -3.18. The van der Waals surface area contributed by atoms with Gasteiger partial charge in [0.2, 0.25) is 0 Å². The van der Waals surface area contributed by atoms with Crippen molar-refractivity contribution in [2.45, 2.75) is 19.5 Å². The van der Waals surface area contributed by atoms with Crippen LogP contribution in [0.5, 0.6) is 0 Å². The van der Waals surface area contributed by atoms with Gasteiger partial charge in [0.05, 0.1) is 11.2 Å². The van der Waals surface area contributed by atoms with Gasteiger partial charge in [0.25, 0.3) is 0 Å². The van der Waals surface area contributed by atoms with Crippen molar-refractivity contribution >= 4 is 10.9 Å². The minimum atomic E-state index is 0.760. The highest BCUT2D eigenvalue weighted by atomic mass is 15.1. The number of benzene rings is 1. The molecule has 0 fully saturated rings. The molecule has 0 amide bonds. The molecule has 4 heterocycles. The molecule has 5 nitrogen and oxygen atoms in total. The maximum Gasteiger partial charge on any atom is 0.160 e. The molecule has 0 N–H and O–H groups in total. The van der Waals surface area contributed by atoms with Crippen LogP contribution < -0.4 is 0 Å². The predicted molar refractivity (Wildman–Crippen MR) is 105 cm³/mol. The number of fused-ring (bicyclic) bond motifs is 2. The van der Waals surface area contributed by atoms with E-state index in [4.69, 9.17) is 4.98 Å². The van der Waals surface area contributed by atoms with Crippen molar-refractivity contribution in [1.29, 1.82) is 0 Å². The Morgan fingerprint density at radius 1 is 0.926 bits per heavy atom. The first-order chi connectivity index (χ1) is 13.4. The highest BCUT2D eigenvalue weighted by Crippen LogP contribution is 2.24. The summed E-state index contributed by atoms with van der Waals surface area (Å²) < 4.78 is 0. The standard InChI is InChI=1S/C22H19N5/c1-2-6-21-19(5-1)17(7-10-24-21)14-27-11-8-20-18(15-27)13-25-22(26-20)16-4-3-9-23-12-16/h1-7,9-10,12-13H,8,11,14-15H2. The van der Waals surface area contributed by atoms with Crippen LogP contribution in [0.15, 0.2) is 67.3 Å². The lowest BCUT2D eigenvalue weighted by molar-refractivity contribution is 0.244. The normalized spacial score (nSPS) is 14.2. The zero-order valence-corrected chi connectivity index (χ0v) is 14.9. The Morgan fingerprint density at radius 2 is 1.89 bits per heavy atom. The quantitative estimate of drug-likeness (QED) is 0.563. The molecule has 27 heavy (non-hydrogen) atoms. The summed E-state index contributed by atoms with van der Waals surface area (Å²) in [5.41, 5.74) is 5.70. The van der Waals surface area contributed by atoms with Gasteiger partial charge in [-0.25, -0.2) is 9.97 Å². The summed E-state index contributed by atoms with van der Waals surface area (Å²) in [5, 5.41) is 1.23. The van der Waals surface area contributed by atoms with Crippen LogP contribution in [0.25, 0.3) is 22.3 Å². The molecule has 0 saturated heterocycles. The monoisotopic (exact) mass is 353 g/mol. The number of aromatic nitrogens is 4. The number of hydrogen-bond donors (Lipinski definition) is 0. The third kappa shape index (κ3) is 3.17. The predicted octanol–water partition coefficient (Wildman–Crippen LogP) is 3.65. The van der Waals surface area contributed by atoms with E-state index >= 15 is 0 Å². The average molecular weight is 353 g/mol. The molecule has 0 radical (unpaired) electrons. The van der Waals surface area contributed by atoms with Crippen molar-refractivity contribution in [1.82, 2.24) is 24.8 Å². The van der Waals surface area contributed by atoms with E-state index in [-0.39, 0.29) is 0 Å². The third-order valence-electron chi connectivity index (χ3n) is 5.07. The van der Waals surface area contributed by atoms with Crippen LogP contribution in [0.1, 0.15) is 16.8 Å². The van der Waals surface area contributed by atoms with Gasteiger partial charge in [-0.15, -0.1) is 0 Å². The van der Waals surface area contributed by atoms with Crippen molar-refractivity contribution in [3.05, 3.63) is 84.1 Å². The molecule has 0 spiro atoms. The van der Waals surface area contributed by atoms with Crippen molar-refractivity contribution < 1.29 is 0 Å². The van der Waals surface area contributed by atoms with Gasteiger partial charge in [-0.2, -0.15) is 0 Å². The molecule has 5 heteroatoms. The van der Waals surface area contributed by atoms with Crippen molar-refractivity contribution in [3.63, 3.8) is 0 Å². The van der Waals surface area contributed by atoms with Gasteiger partial charge >= 0.3 is 0 Å². The first kappa shape index (κ1) is 16.0. The fourth-order valence-corrected chi connectivity index (χ4v) is 3.68. The van der Waals surface area contributed by atoms with E-state index in [0.29, 0.717) is 0 Å². The highest BCUT2D eigenvalue weighted by molar-refractivity contribution is 5.81. The third-order valence-corrected chi connectivity index (χ3v) is 5.07. The summed E-state index contributed by atoms with van der Waals surface area (Å²) in [4.78, 5) is 20.4. The van der Waals surface area contributed by atoms with Crippen LogP contribution >= 0.6 is 0 Å². The van der Waals surface area contributed by atoms with Gasteiger partial charge in [0, 0.05) is 67.4 Å². The zero-order valence-electron chi connectivity index (χ0n) is 14.9. The molecule has 0 atom stereocenters. The number of para-hydroxylation sites is 1. The largest absolute Gasteiger partial charge is 0.294 e. The molecule has 132 valence electrons. The maximum atomic E-state index is 4.79. The minimum absolute atomic E-state index is 0.760. The second-order valence-electron chi connectivity index (χ2n) is 6.86. The number of hydrogen-bond acceptors (Lipinski definition) is 5. The fourth-order valence-electron chi connectivity index (χ4n) is 3.68. The summed E-state index contributed by atoms with van der Waals surface area (Å²) in [6.07, 6.45) is 8.39. The molecule has 4 aromatic rings. The fraction of sp³-hybridized carbons (Fsp3) is 0.182. The smallest absolute Gasteiger partial charge is 0.160 e. The Balaban J connectivity index is 1.38. The highest BCUT2D eigenvalue weighted by Gasteiger charge is 2.19. The lowest BCUT2D eigenvalue weighted by Crippen LogP contribution is -2.31. The van der Waals surface area contributed by atoms with Crippen LogP contribution in [0, 0.1) is 0 Å². The van der Waals surface area contributed by atoms with E-state index < -0.39 is 0 Å². The van der Waals surface area contributed by atoms with Crippen LogP contribution in [-0.4, -0.2) is 31.4 Å². The number of pyridine rings is 2. The van der Waals surface area contributed by atoms with Gasteiger partial charge in [0.15, 0.2) is 5.82 Å². The van der Waals surface area contributed by atoms with Crippen molar-refractivity contribution in [3.8, 4) is 11.4 Å². The molecule has 0 saturated carbocycles. The first-order valence-electron chi connectivity index (χ1n) is 9.17. The summed E-state index contributed by atoms with van der Waals surface area (Å²) >= 11 is 0. The van der Waals surface area contributed by atoms with E-state index in [1.165, 1.54) is 16.5 Å². The van der Waals surface area contributed by atoms with Crippen LogP contribution in [-0.2, 0) is 19.5 Å². The van der Waals surface area contributed by atoms with E-state index in [9.17, 15) is 0 Å². The molecule has 1 aromatic carbocycles. The summed E-state index contributed by atoms with van der Waals surface area (Å²) in [6, 6.07) is 14.4. The molecule has 0 aliphatic carbocycles. The van der Waals surface area contributed by atoms with Gasteiger partial charge in [-0.1, -0.05) is 18.2 Å². The lowest BCUT2D eigenvalue weighted by Gasteiger charge is -2.28. The molecule has 1 aliphatic rings. The van der Waals surface area contributed by atoms with Crippen LogP contribution in [0.4, 0.5) is 0 Å². The Labute approximate surface area is 157 Å². The molecule has 3 aromatic heterocycles. The van der Waals surface area contributed by atoms with E-state index in [1.54, 1.807) is 6.20 Å². The van der Waals surface area contributed by atoms with Crippen molar-refractivity contribution in [2.75, 3.05) is 6.54 Å². The van der Waals surface area contributed by atoms with Crippen molar-refractivity contribution in [2.24, 2.45) is 0 Å². The van der Waals surface area contributed by atoms with E-state index in [2.05, 4.69) is 44.1 Å². The van der Waals surface area contributed by atoms with Gasteiger partial charge < -0.3 is 0 Å². The van der Waals surface area contributed by atoms with Gasteiger partial charge in [-0.3, -0.25) is 14.9 Å². The molecule has 1 aliphatic heterocycles. The Kier molecular flexibility index (Phi) is 4.07. The number of rotatable bonds is 3. The summed E-state index contributed by atoms with van der Waals surface area (Å²) in [7, 11) is 0. The average Bonchev–Trinajstić information content (AvgIpc) is 2.74. The van der Waals surface area contributed by atoms with Crippen LogP contribution in [0.3, 0.4) is 0 Å². The SMILES string of the molecule is c1cncc(-c2ncc3c(n2)CCN(Cc2ccnc4ccccc24)C3)c1. The second-order valence-corrected chi connectivity index (χ2v) is 6.86. The molecule has 0 bridgehead atoms. The van der Waals surface area contributed by atoms with Crippen LogP contribution in [0.2, 0.25) is 0 Å². The lowest BCUT2D eigenvalue weighted by atomic mass is 10.0. The topological polar surface area (TPSA) is 54.8 Å². The van der Waals surface area contributed by atoms with E-state index in [1.807, 2.05) is 36.8 Å². The summed E-state index contributed by atoms with van der Waals surface area (Å²) in [5.74, 6) is 0.760. The minimum Gasteiger partial charge on any atom is -0.294 e. The van der Waals surface area contributed by atoms with Gasteiger partial charge in [-0.05, 0) is 29.8 Å². The first-order valence-corrected chi connectivity index (χ1v) is 9.17. The molecular weight excluding hydrogens is 334 g/mol.